The van der Waals surface area contributed by atoms with Gasteiger partial charge in [0.05, 0.1) is 5.69 Å². The molecule has 8 nitrogen and oxygen atoms in total. The summed E-state index contributed by atoms with van der Waals surface area (Å²) in [5, 5.41) is 7.30. The predicted octanol–water partition coefficient (Wildman–Crippen LogP) is 3.06. The Balaban J connectivity index is 1.66. The molecule has 1 unspecified atom stereocenters. The van der Waals surface area contributed by atoms with Crippen LogP contribution in [-0.4, -0.2) is 34.9 Å². The average molecular weight is 463 g/mol. The molecule has 32 heavy (non-hydrogen) atoms. The largest absolute Gasteiger partial charge is 0.443 e. The molecule has 0 saturated carbocycles. The van der Waals surface area contributed by atoms with E-state index in [1.165, 1.54) is 28.0 Å². The van der Waals surface area contributed by atoms with Gasteiger partial charge in [0, 0.05) is 23.6 Å². The third kappa shape index (κ3) is 6.57. The van der Waals surface area contributed by atoms with Crippen molar-refractivity contribution in [2.45, 2.75) is 52.8 Å². The number of esters is 1. The normalized spacial score (nSPS) is 16.8. The fraction of sp³-hybridized carbons (Fsp3) is 0.455. The Labute approximate surface area is 189 Å². The van der Waals surface area contributed by atoms with E-state index in [0.29, 0.717) is 4.80 Å². The summed E-state index contributed by atoms with van der Waals surface area (Å²) in [6, 6.07) is 3.49. The van der Waals surface area contributed by atoms with Crippen LogP contribution in [0.3, 0.4) is 0 Å². The zero-order chi connectivity index (χ0) is 23.3. The molecule has 0 aliphatic carbocycles. The Morgan fingerprint density at radius 3 is 2.78 bits per heavy atom. The summed E-state index contributed by atoms with van der Waals surface area (Å²) >= 11 is 1.20. The maximum atomic E-state index is 14.4. The lowest BCUT2D eigenvalue weighted by Gasteiger charge is -2.17. The quantitative estimate of drug-likeness (QED) is 0.643. The molecule has 172 valence electrons. The summed E-state index contributed by atoms with van der Waals surface area (Å²) in [5.41, 5.74) is -0.175. The molecule has 2 aromatic rings. The highest BCUT2D eigenvalue weighted by molar-refractivity contribution is 7.07. The Bertz CT molecular complexity index is 1060. The zero-order valence-electron chi connectivity index (χ0n) is 18.3. The van der Waals surface area contributed by atoms with Gasteiger partial charge in [0.1, 0.15) is 11.9 Å². The van der Waals surface area contributed by atoms with E-state index in [2.05, 4.69) is 15.6 Å². The molecular weight excluding hydrogens is 435 g/mol. The van der Waals surface area contributed by atoms with Crippen LogP contribution in [0.15, 0.2) is 34.8 Å². The number of anilines is 1. The van der Waals surface area contributed by atoms with Crippen LogP contribution in [0.2, 0.25) is 0 Å². The number of hydrogen-bond acceptors (Lipinski definition) is 6. The molecule has 1 aromatic heterocycles. The van der Waals surface area contributed by atoms with Crippen LogP contribution in [0, 0.1) is 11.2 Å². The van der Waals surface area contributed by atoms with Crippen molar-refractivity contribution < 1.29 is 23.5 Å². The van der Waals surface area contributed by atoms with Crippen molar-refractivity contribution in [3.63, 3.8) is 0 Å². The minimum absolute atomic E-state index is 0.00872. The predicted molar refractivity (Wildman–Crippen MR) is 118 cm³/mol. The number of nitrogens with one attached hydrogen (secondary N) is 2. The zero-order valence-corrected chi connectivity index (χ0v) is 19.1. The van der Waals surface area contributed by atoms with Gasteiger partial charge in [-0.3, -0.25) is 19.0 Å². The Hall–Kier alpha value is -2.85. The summed E-state index contributed by atoms with van der Waals surface area (Å²) in [4.78, 5) is 41.0. The van der Waals surface area contributed by atoms with Gasteiger partial charge in [-0.2, -0.15) is 4.99 Å². The maximum Gasteiger partial charge on any atom is 0.324 e. The van der Waals surface area contributed by atoms with Crippen molar-refractivity contribution >= 4 is 34.8 Å². The number of thiazole rings is 1. The molecule has 10 heteroatoms. The topological polar surface area (TPSA) is 102 Å². The molecule has 0 bridgehead atoms. The van der Waals surface area contributed by atoms with E-state index in [1.807, 2.05) is 20.8 Å². The van der Waals surface area contributed by atoms with Gasteiger partial charge in [-0.05, 0) is 43.0 Å². The fourth-order valence-electron chi connectivity index (χ4n) is 3.18. The smallest absolute Gasteiger partial charge is 0.324 e. The van der Waals surface area contributed by atoms with Crippen LogP contribution in [-0.2, 0) is 21.1 Å². The van der Waals surface area contributed by atoms with E-state index < -0.39 is 11.7 Å². The second kappa shape index (κ2) is 10.2. The summed E-state index contributed by atoms with van der Waals surface area (Å²) < 4.78 is 21.3. The molecule has 1 aliphatic rings. The first-order chi connectivity index (χ1) is 15.1. The van der Waals surface area contributed by atoms with E-state index in [0.717, 1.165) is 25.5 Å². The van der Waals surface area contributed by atoms with Crippen molar-refractivity contribution in [2.75, 3.05) is 11.9 Å². The standard InChI is InChI=1S/C22H27FN4O4S/c1-22(2,3)12-18(28)25-16-7-6-14(11-15(16)23)19(29)26-21-27(9-10-32-21)13-31-20(30)17-5-4-8-24-17/h6-7,9-11,17,24H,4-5,8,12-13H2,1-3H3,(H,25,28)/b26-21-. The lowest BCUT2D eigenvalue weighted by molar-refractivity contribution is -0.149. The minimum atomic E-state index is -0.717. The SMILES string of the molecule is CC(C)(C)CC(=O)Nc1ccc(C(=O)/N=c2\sccn2COC(=O)C2CCCN2)cc1F. The van der Waals surface area contributed by atoms with E-state index >= 15 is 0 Å². The molecule has 3 rings (SSSR count). The highest BCUT2D eigenvalue weighted by Crippen LogP contribution is 2.21. The van der Waals surface area contributed by atoms with Crippen molar-refractivity contribution in [1.82, 2.24) is 9.88 Å². The molecule has 2 N–H and O–H groups in total. The summed E-state index contributed by atoms with van der Waals surface area (Å²) in [6.45, 7) is 6.46. The molecular formula is C22H27FN4O4S. The first-order valence-electron chi connectivity index (χ1n) is 10.3. The van der Waals surface area contributed by atoms with Crippen molar-refractivity contribution in [1.29, 1.82) is 0 Å². The van der Waals surface area contributed by atoms with Gasteiger partial charge < -0.3 is 15.4 Å². The first kappa shape index (κ1) is 23.8. The lowest BCUT2D eigenvalue weighted by atomic mass is 9.92. The second-order valence-corrected chi connectivity index (χ2v) is 9.67. The molecule has 1 fully saturated rings. The van der Waals surface area contributed by atoms with Crippen LogP contribution in [0.4, 0.5) is 10.1 Å². The average Bonchev–Trinajstić information content (AvgIpc) is 3.38. The molecule has 2 amide bonds. The Kier molecular flexibility index (Phi) is 7.57. The molecule has 1 aliphatic heterocycles. The first-order valence-corrected chi connectivity index (χ1v) is 11.2. The molecule has 1 atom stereocenters. The minimum Gasteiger partial charge on any atom is -0.443 e. The molecule has 2 heterocycles. The third-order valence-electron chi connectivity index (χ3n) is 4.73. The van der Waals surface area contributed by atoms with Gasteiger partial charge in [0.15, 0.2) is 11.5 Å². The van der Waals surface area contributed by atoms with E-state index in [4.69, 9.17) is 4.74 Å². The maximum absolute atomic E-state index is 14.4. The molecule has 0 radical (unpaired) electrons. The third-order valence-corrected chi connectivity index (χ3v) is 5.52. The van der Waals surface area contributed by atoms with Crippen LogP contribution in [0.5, 0.6) is 0 Å². The molecule has 0 spiro atoms. The fourth-order valence-corrected chi connectivity index (χ4v) is 3.90. The highest BCUT2D eigenvalue weighted by Gasteiger charge is 2.23. The monoisotopic (exact) mass is 462 g/mol. The number of rotatable bonds is 6. The Morgan fingerprint density at radius 1 is 1.34 bits per heavy atom. The number of halogens is 1. The van der Waals surface area contributed by atoms with Gasteiger partial charge in [-0.25, -0.2) is 4.39 Å². The number of carbonyl (C=O) groups excluding carboxylic acids is 3. The van der Waals surface area contributed by atoms with Gasteiger partial charge in [0.25, 0.3) is 5.91 Å². The number of aromatic nitrogens is 1. The number of hydrogen-bond donors (Lipinski definition) is 2. The molecule has 1 aromatic carbocycles. The van der Waals surface area contributed by atoms with E-state index in [-0.39, 0.29) is 47.7 Å². The summed E-state index contributed by atoms with van der Waals surface area (Å²) in [6.07, 6.45) is 3.56. The van der Waals surface area contributed by atoms with E-state index in [9.17, 15) is 18.8 Å². The van der Waals surface area contributed by atoms with Crippen LogP contribution >= 0.6 is 11.3 Å². The summed E-state index contributed by atoms with van der Waals surface area (Å²) in [5.74, 6) is -2.01. The Morgan fingerprint density at radius 2 is 2.12 bits per heavy atom. The van der Waals surface area contributed by atoms with Crippen LogP contribution < -0.4 is 15.4 Å². The van der Waals surface area contributed by atoms with Crippen LogP contribution in [0.1, 0.15) is 50.4 Å². The van der Waals surface area contributed by atoms with Gasteiger partial charge in [-0.15, -0.1) is 11.3 Å². The van der Waals surface area contributed by atoms with E-state index in [1.54, 1.807) is 11.6 Å². The second-order valence-electron chi connectivity index (χ2n) is 8.79. The van der Waals surface area contributed by atoms with Gasteiger partial charge >= 0.3 is 5.97 Å². The van der Waals surface area contributed by atoms with Gasteiger partial charge in [-0.1, -0.05) is 20.8 Å². The van der Waals surface area contributed by atoms with Crippen LogP contribution in [0.25, 0.3) is 0 Å². The van der Waals surface area contributed by atoms with Crippen molar-refractivity contribution in [2.24, 2.45) is 10.4 Å². The highest BCUT2D eigenvalue weighted by atomic mass is 32.1. The number of ether oxygens (including phenoxy) is 1. The summed E-state index contributed by atoms with van der Waals surface area (Å²) in [7, 11) is 0. The number of nitrogens with zero attached hydrogens (tertiary/aromatic N) is 2. The number of amides is 2. The lowest BCUT2D eigenvalue weighted by Crippen LogP contribution is -2.33. The molecule has 1 saturated heterocycles. The number of carbonyl (C=O) groups is 3. The number of benzene rings is 1. The van der Waals surface area contributed by atoms with Crippen molar-refractivity contribution in [3.8, 4) is 0 Å². The van der Waals surface area contributed by atoms with Gasteiger partial charge in [0.2, 0.25) is 5.91 Å². The van der Waals surface area contributed by atoms with Crippen molar-refractivity contribution in [3.05, 3.63) is 46.0 Å².